The van der Waals surface area contributed by atoms with E-state index in [0.717, 1.165) is 5.56 Å². The topological polar surface area (TPSA) is 55.6 Å². The third kappa shape index (κ3) is 3.33. The Morgan fingerprint density at radius 3 is 2.58 bits per heavy atom. The highest BCUT2D eigenvalue weighted by molar-refractivity contribution is 5.94. The molecule has 1 aliphatic heterocycles. The zero-order valence-corrected chi connectivity index (χ0v) is 11.8. The summed E-state index contributed by atoms with van der Waals surface area (Å²) in [7, 11) is 0. The lowest BCUT2D eigenvalue weighted by molar-refractivity contribution is -0.118. The number of ether oxygens (including phenoxy) is 1. The smallest absolute Gasteiger partial charge is 0.254 e. The number of amides is 1. The molecule has 0 bridgehead atoms. The van der Waals surface area contributed by atoms with Crippen LogP contribution in [0, 0.1) is 0 Å². The summed E-state index contributed by atoms with van der Waals surface area (Å²) in [5, 5.41) is 0. The number of hydrogen-bond donors (Lipinski definition) is 1. The van der Waals surface area contributed by atoms with Crippen molar-refractivity contribution in [2.75, 3.05) is 13.1 Å². The lowest BCUT2D eigenvalue weighted by Crippen LogP contribution is -2.53. The standard InChI is InChI=1S/C15H22N2O2/c1-11-9-17(10-15(2,3)19-11)14(18)13-6-4-12(8-16)5-7-13/h4-7,11H,8-10,16H2,1-3H3/t11-/m1/s1. The highest BCUT2D eigenvalue weighted by atomic mass is 16.5. The second kappa shape index (κ2) is 5.31. The van der Waals surface area contributed by atoms with E-state index in [1.165, 1.54) is 0 Å². The summed E-state index contributed by atoms with van der Waals surface area (Å²) < 4.78 is 5.82. The maximum absolute atomic E-state index is 12.5. The number of carbonyl (C=O) groups excluding carboxylic acids is 1. The molecule has 0 aliphatic carbocycles. The summed E-state index contributed by atoms with van der Waals surface area (Å²) in [6.45, 7) is 7.78. The van der Waals surface area contributed by atoms with Gasteiger partial charge in [-0.2, -0.15) is 0 Å². The Bertz CT molecular complexity index is 454. The van der Waals surface area contributed by atoms with Gasteiger partial charge in [0.15, 0.2) is 0 Å². The van der Waals surface area contributed by atoms with E-state index in [2.05, 4.69) is 0 Å². The molecule has 1 aromatic rings. The van der Waals surface area contributed by atoms with Crippen molar-refractivity contribution >= 4 is 5.91 Å². The Balaban J connectivity index is 2.14. The SMILES string of the molecule is C[C@@H]1CN(C(=O)c2ccc(CN)cc2)CC(C)(C)O1. The van der Waals surface area contributed by atoms with Crippen molar-refractivity contribution in [3.05, 3.63) is 35.4 Å². The van der Waals surface area contributed by atoms with Gasteiger partial charge in [-0.3, -0.25) is 4.79 Å². The fourth-order valence-electron chi connectivity index (χ4n) is 2.57. The first-order valence-corrected chi connectivity index (χ1v) is 6.67. The van der Waals surface area contributed by atoms with Crippen LogP contribution in [0.3, 0.4) is 0 Å². The molecule has 1 heterocycles. The molecule has 104 valence electrons. The number of carbonyl (C=O) groups is 1. The number of nitrogens with two attached hydrogens (primary N) is 1. The fourth-order valence-corrected chi connectivity index (χ4v) is 2.57. The first kappa shape index (κ1) is 14.0. The molecule has 2 rings (SSSR count). The normalized spacial score (nSPS) is 22.3. The van der Waals surface area contributed by atoms with Gasteiger partial charge in [0.1, 0.15) is 0 Å². The summed E-state index contributed by atoms with van der Waals surface area (Å²) in [6.07, 6.45) is 0.0658. The molecule has 1 amide bonds. The van der Waals surface area contributed by atoms with Gasteiger partial charge >= 0.3 is 0 Å². The Kier molecular flexibility index (Phi) is 3.92. The van der Waals surface area contributed by atoms with Crippen LogP contribution in [-0.4, -0.2) is 35.6 Å². The highest BCUT2D eigenvalue weighted by Gasteiger charge is 2.33. The predicted octanol–water partition coefficient (Wildman–Crippen LogP) is 1.78. The zero-order chi connectivity index (χ0) is 14.0. The minimum Gasteiger partial charge on any atom is -0.369 e. The first-order chi connectivity index (χ1) is 8.91. The van der Waals surface area contributed by atoms with Gasteiger partial charge in [0.25, 0.3) is 5.91 Å². The molecule has 1 aromatic carbocycles. The van der Waals surface area contributed by atoms with Crippen LogP contribution in [0.25, 0.3) is 0 Å². The highest BCUT2D eigenvalue weighted by Crippen LogP contribution is 2.22. The molecule has 0 spiro atoms. The fraction of sp³-hybridized carbons (Fsp3) is 0.533. The molecular formula is C15H22N2O2. The average molecular weight is 262 g/mol. The van der Waals surface area contributed by atoms with E-state index in [0.29, 0.717) is 25.2 Å². The minimum absolute atomic E-state index is 0.0618. The van der Waals surface area contributed by atoms with E-state index in [-0.39, 0.29) is 17.6 Å². The number of hydrogen-bond acceptors (Lipinski definition) is 3. The van der Waals surface area contributed by atoms with Gasteiger partial charge in [-0.25, -0.2) is 0 Å². The zero-order valence-electron chi connectivity index (χ0n) is 11.8. The van der Waals surface area contributed by atoms with E-state index >= 15 is 0 Å². The van der Waals surface area contributed by atoms with Gasteiger partial charge in [-0.15, -0.1) is 0 Å². The monoisotopic (exact) mass is 262 g/mol. The first-order valence-electron chi connectivity index (χ1n) is 6.67. The molecule has 1 fully saturated rings. The quantitative estimate of drug-likeness (QED) is 0.884. The molecule has 1 atom stereocenters. The number of morpholine rings is 1. The van der Waals surface area contributed by atoms with Crippen LogP contribution in [0.15, 0.2) is 24.3 Å². The number of nitrogens with zero attached hydrogens (tertiary/aromatic N) is 1. The molecule has 4 nitrogen and oxygen atoms in total. The Labute approximate surface area is 114 Å². The summed E-state index contributed by atoms with van der Waals surface area (Å²) in [6, 6.07) is 7.50. The molecule has 0 aromatic heterocycles. The molecule has 19 heavy (non-hydrogen) atoms. The van der Waals surface area contributed by atoms with E-state index < -0.39 is 0 Å². The second-order valence-electron chi connectivity index (χ2n) is 5.77. The lowest BCUT2D eigenvalue weighted by Gasteiger charge is -2.41. The molecule has 1 saturated heterocycles. The molecule has 0 unspecified atom stereocenters. The van der Waals surface area contributed by atoms with Gasteiger partial charge in [0.05, 0.1) is 11.7 Å². The minimum atomic E-state index is -0.287. The van der Waals surface area contributed by atoms with Gasteiger partial charge in [-0.1, -0.05) is 12.1 Å². The van der Waals surface area contributed by atoms with Crippen molar-refractivity contribution in [2.24, 2.45) is 5.73 Å². The third-order valence-electron chi connectivity index (χ3n) is 3.29. The van der Waals surface area contributed by atoms with Crippen molar-refractivity contribution in [1.82, 2.24) is 4.90 Å². The molecule has 2 N–H and O–H groups in total. The number of benzene rings is 1. The van der Waals surface area contributed by atoms with Gasteiger partial charge < -0.3 is 15.4 Å². The molecule has 4 heteroatoms. The van der Waals surface area contributed by atoms with Crippen molar-refractivity contribution < 1.29 is 9.53 Å². The van der Waals surface area contributed by atoms with Crippen molar-refractivity contribution in [1.29, 1.82) is 0 Å². The Hall–Kier alpha value is -1.39. The number of rotatable bonds is 2. The molecule has 0 saturated carbocycles. The van der Waals surface area contributed by atoms with Crippen LogP contribution in [-0.2, 0) is 11.3 Å². The third-order valence-corrected chi connectivity index (χ3v) is 3.29. The Morgan fingerprint density at radius 2 is 2.05 bits per heavy atom. The molecule has 0 radical (unpaired) electrons. The van der Waals surface area contributed by atoms with Crippen LogP contribution >= 0.6 is 0 Å². The van der Waals surface area contributed by atoms with E-state index in [4.69, 9.17) is 10.5 Å². The van der Waals surface area contributed by atoms with E-state index in [9.17, 15) is 4.79 Å². The van der Waals surface area contributed by atoms with Crippen LogP contribution in [0.4, 0.5) is 0 Å². The van der Waals surface area contributed by atoms with Crippen LogP contribution in [0.2, 0.25) is 0 Å². The van der Waals surface area contributed by atoms with Crippen molar-refractivity contribution in [3.8, 4) is 0 Å². The second-order valence-corrected chi connectivity index (χ2v) is 5.77. The van der Waals surface area contributed by atoms with E-state index in [1.54, 1.807) is 0 Å². The lowest BCUT2D eigenvalue weighted by atomic mass is 10.0. The molecule has 1 aliphatic rings. The van der Waals surface area contributed by atoms with Crippen LogP contribution in [0.1, 0.15) is 36.7 Å². The van der Waals surface area contributed by atoms with Gasteiger partial charge in [0, 0.05) is 25.2 Å². The maximum atomic E-state index is 12.5. The largest absolute Gasteiger partial charge is 0.369 e. The molecular weight excluding hydrogens is 240 g/mol. The summed E-state index contributed by atoms with van der Waals surface area (Å²) in [5.41, 5.74) is 7.02. The van der Waals surface area contributed by atoms with E-state index in [1.807, 2.05) is 49.9 Å². The average Bonchev–Trinajstić information content (AvgIpc) is 2.35. The van der Waals surface area contributed by atoms with Crippen LogP contribution in [0.5, 0.6) is 0 Å². The van der Waals surface area contributed by atoms with Gasteiger partial charge in [-0.05, 0) is 38.5 Å². The maximum Gasteiger partial charge on any atom is 0.254 e. The summed E-state index contributed by atoms with van der Waals surface area (Å²) >= 11 is 0. The van der Waals surface area contributed by atoms with Gasteiger partial charge in [0.2, 0.25) is 0 Å². The Morgan fingerprint density at radius 1 is 1.42 bits per heavy atom. The van der Waals surface area contributed by atoms with Crippen LogP contribution < -0.4 is 5.73 Å². The van der Waals surface area contributed by atoms with Crippen molar-refractivity contribution in [2.45, 2.75) is 39.0 Å². The van der Waals surface area contributed by atoms with Crippen molar-refractivity contribution in [3.63, 3.8) is 0 Å². The summed E-state index contributed by atoms with van der Waals surface area (Å²) in [5.74, 6) is 0.0618. The summed E-state index contributed by atoms with van der Waals surface area (Å²) in [4.78, 5) is 14.3. The predicted molar refractivity (Wildman–Crippen MR) is 74.9 cm³/mol.